The molecule has 4 nitrogen and oxygen atoms in total. The van der Waals surface area contributed by atoms with Crippen LogP contribution in [0.2, 0.25) is 0 Å². The summed E-state index contributed by atoms with van der Waals surface area (Å²) in [4.78, 5) is 18.0. The lowest BCUT2D eigenvalue weighted by Crippen LogP contribution is -2.12. The molecule has 0 aliphatic carbocycles. The summed E-state index contributed by atoms with van der Waals surface area (Å²) in [5.41, 5.74) is -0.833. The van der Waals surface area contributed by atoms with Gasteiger partial charge in [-0.05, 0) is 12.1 Å². The van der Waals surface area contributed by atoms with Crippen LogP contribution in [0.3, 0.4) is 0 Å². The Morgan fingerprint density at radius 2 is 2.05 bits per heavy atom. The maximum Gasteiger partial charge on any atom is 0.416 e. The number of hydrogen-bond acceptors (Lipinski definition) is 3. The molecule has 1 heterocycles. The van der Waals surface area contributed by atoms with Gasteiger partial charge < -0.3 is 9.72 Å². The van der Waals surface area contributed by atoms with Gasteiger partial charge in [-0.1, -0.05) is 12.1 Å². The van der Waals surface area contributed by atoms with E-state index < -0.39 is 17.3 Å². The number of hydrogen-bond donors (Lipinski definition) is 1. The predicted octanol–water partition coefficient (Wildman–Crippen LogP) is 2.60. The summed E-state index contributed by atoms with van der Waals surface area (Å²) < 4.78 is 42.8. The first-order valence-corrected chi connectivity index (χ1v) is 5.67. The van der Waals surface area contributed by atoms with E-state index in [2.05, 4.69) is 9.97 Å². The van der Waals surface area contributed by atoms with Crippen molar-refractivity contribution >= 4 is 0 Å². The first-order chi connectivity index (χ1) is 9.40. The molecule has 2 aromatic rings. The van der Waals surface area contributed by atoms with Crippen molar-refractivity contribution < 1.29 is 17.9 Å². The number of methoxy groups -OCH3 is 1. The zero-order valence-corrected chi connectivity index (χ0v) is 10.5. The van der Waals surface area contributed by atoms with Crippen molar-refractivity contribution in [1.82, 2.24) is 9.97 Å². The molecule has 0 fully saturated rings. The van der Waals surface area contributed by atoms with Crippen molar-refractivity contribution in [2.24, 2.45) is 0 Å². The standard InChI is InChI=1S/C13H11F3N2O2/c1-20-7-11-17-10(6-12(19)18-11)8-3-2-4-9(5-8)13(14,15)16/h2-6H,7H2,1H3,(H,17,18,19). The molecule has 106 valence electrons. The van der Waals surface area contributed by atoms with Gasteiger partial charge in [-0.3, -0.25) is 4.79 Å². The molecule has 1 aromatic carbocycles. The molecular weight excluding hydrogens is 273 g/mol. The van der Waals surface area contributed by atoms with Gasteiger partial charge in [0.2, 0.25) is 0 Å². The fraction of sp³-hybridized carbons (Fsp3) is 0.231. The minimum Gasteiger partial charge on any atom is -0.377 e. The lowest BCUT2D eigenvalue weighted by Gasteiger charge is -2.09. The third kappa shape index (κ3) is 3.24. The lowest BCUT2D eigenvalue weighted by molar-refractivity contribution is -0.137. The minimum absolute atomic E-state index is 0.0715. The summed E-state index contributed by atoms with van der Waals surface area (Å²) in [6, 6.07) is 5.81. The zero-order chi connectivity index (χ0) is 14.8. The molecule has 1 N–H and O–H groups in total. The number of nitrogens with one attached hydrogen (secondary N) is 1. The van der Waals surface area contributed by atoms with Gasteiger partial charge in [0, 0.05) is 18.7 Å². The number of rotatable bonds is 3. The molecule has 1 aromatic heterocycles. The highest BCUT2D eigenvalue weighted by atomic mass is 19.4. The number of halogens is 3. The van der Waals surface area contributed by atoms with E-state index in [0.29, 0.717) is 0 Å². The highest BCUT2D eigenvalue weighted by molar-refractivity contribution is 5.59. The third-order valence-corrected chi connectivity index (χ3v) is 2.56. The highest BCUT2D eigenvalue weighted by Gasteiger charge is 2.30. The van der Waals surface area contributed by atoms with Gasteiger partial charge in [0.05, 0.1) is 11.3 Å². The number of benzene rings is 1. The van der Waals surface area contributed by atoms with Gasteiger partial charge in [-0.2, -0.15) is 13.2 Å². The highest BCUT2D eigenvalue weighted by Crippen LogP contribution is 2.31. The van der Waals surface area contributed by atoms with Crippen LogP contribution in [-0.2, 0) is 17.5 Å². The van der Waals surface area contributed by atoms with Crippen molar-refractivity contribution in [3.05, 3.63) is 52.1 Å². The van der Waals surface area contributed by atoms with Crippen LogP contribution in [0, 0.1) is 0 Å². The minimum atomic E-state index is -4.44. The molecule has 0 radical (unpaired) electrons. The molecule has 0 aliphatic rings. The summed E-state index contributed by atoms with van der Waals surface area (Å²) >= 11 is 0. The fourth-order valence-corrected chi connectivity index (χ4v) is 1.72. The normalized spacial score (nSPS) is 11.6. The molecular formula is C13H11F3N2O2. The average molecular weight is 284 g/mol. The monoisotopic (exact) mass is 284 g/mol. The van der Waals surface area contributed by atoms with E-state index >= 15 is 0 Å². The van der Waals surface area contributed by atoms with Crippen LogP contribution in [0.1, 0.15) is 11.4 Å². The van der Waals surface area contributed by atoms with Crippen LogP contribution >= 0.6 is 0 Å². The summed E-state index contributed by atoms with van der Waals surface area (Å²) in [6.07, 6.45) is -4.44. The van der Waals surface area contributed by atoms with Crippen molar-refractivity contribution in [3.8, 4) is 11.3 Å². The molecule has 7 heteroatoms. The van der Waals surface area contributed by atoms with Crippen molar-refractivity contribution in [2.45, 2.75) is 12.8 Å². The second-order valence-corrected chi connectivity index (χ2v) is 4.09. The largest absolute Gasteiger partial charge is 0.416 e. The molecule has 0 aliphatic heterocycles. The number of ether oxygens (including phenoxy) is 1. The van der Waals surface area contributed by atoms with E-state index in [0.717, 1.165) is 18.2 Å². The molecule has 20 heavy (non-hydrogen) atoms. The quantitative estimate of drug-likeness (QED) is 0.942. The molecule has 2 rings (SSSR count). The molecule has 0 saturated heterocycles. The molecule has 0 amide bonds. The first-order valence-electron chi connectivity index (χ1n) is 5.67. The first kappa shape index (κ1) is 14.3. The van der Waals surface area contributed by atoms with E-state index in [-0.39, 0.29) is 23.7 Å². The Balaban J connectivity index is 2.49. The Morgan fingerprint density at radius 1 is 1.30 bits per heavy atom. The van der Waals surface area contributed by atoms with E-state index in [1.165, 1.54) is 19.2 Å². The van der Waals surface area contributed by atoms with Crippen LogP contribution in [0.25, 0.3) is 11.3 Å². The Bertz CT molecular complexity index is 665. The Morgan fingerprint density at radius 3 is 2.70 bits per heavy atom. The van der Waals surface area contributed by atoms with Crippen molar-refractivity contribution in [1.29, 1.82) is 0 Å². The number of alkyl halides is 3. The second kappa shape index (κ2) is 5.46. The van der Waals surface area contributed by atoms with E-state index in [9.17, 15) is 18.0 Å². The molecule has 0 atom stereocenters. The van der Waals surface area contributed by atoms with Gasteiger partial charge in [0.15, 0.2) is 0 Å². The van der Waals surface area contributed by atoms with Gasteiger partial charge in [-0.25, -0.2) is 4.98 Å². The summed E-state index contributed by atoms with van der Waals surface area (Å²) in [6.45, 7) is 0.0715. The van der Waals surface area contributed by atoms with Gasteiger partial charge in [0.1, 0.15) is 12.4 Å². The third-order valence-electron chi connectivity index (χ3n) is 2.56. The second-order valence-electron chi connectivity index (χ2n) is 4.09. The topological polar surface area (TPSA) is 55.0 Å². The smallest absolute Gasteiger partial charge is 0.377 e. The number of nitrogens with zero attached hydrogens (tertiary/aromatic N) is 1. The van der Waals surface area contributed by atoms with Crippen LogP contribution in [-0.4, -0.2) is 17.1 Å². The number of aromatic nitrogens is 2. The van der Waals surface area contributed by atoms with E-state index in [1.807, 2.05) is 0 Å². The van der Waals surface area contributed by atoms with Gasteiger partial charge in [-0.15, -0.1) is 0 Å². The Hall–Kier alpha value is -2.15. The number of aromatic amines is 1. The maximum absolute atomic E-state index is 12.7. The summed E-state index contributed by atoms with van der Waals surface area (Å²) in [5, 5.41) is 0. The molecule has 0 bridgehead atoms. The average Bonchev–Trinajstić information content (AvgIpc) is 2.37. The Labute approximate surface area is 112 Å². The molecule has 0 spiro atoms. The van der Waals surface area contributed by atoms with Crippen LogP contribution < -0.4 is 5.56 Å². The molecule has 0 unspecified atom stereocenters. The Kier molecular flexibility index (Phi) is 3.89. The van der Waals surface area contributed by atoms with Crippen LogP contribution in [0.4, 0.5) is 13.2 Å². The van der Waals surface area contributed by atoms with Gasteiger partial charge >= 0.3 is 6.18 Å². The summed E-state index contributed by atoms with van der Waals surface area (Å²) in [7, 11) is 1.43. The lowest BCUT2D eigenvalue weighted by atomic mass is 10.1. The van der Waals surface area contributed by atoms with Crippen LogP contribution in [0.5, 0.6) is 0 Å². The predicted molar refractivity (Wildman–Crippen MR) is 66.0 cm³/mol. The van der Waals surface area contributed by atoms with Gasteiger partial charge in [0.25, 0.3) is 5.56 Å². The van der Waals surface area contributed by atoms with Crippen molar-refractivity contribution in [2.75, 3.05) is 7.11 Å². The summed E-state index contributed by atoms with van der Waals surface area (Å²) in [5.74, 6) is 0.257. The van der Waals surface area contributed by atoms with Crippen LogP contribution in [0.15, 0.2) is 35.1 Å². The molecule has 0 saturated carbocycles. The SMILES string of the molecule is COCc1nc(-c2cccc(C(F)(F)F)c2)cc(=O)[nH]1. The van der Waals surface area contributed by atoms with Crippen molar-refractivity contribution in [3.63, 3.8) is 0 Å². The zero-order valence-electron chi connectivity index (χ0n) is 10.5. The number of H-pyrrole nitrogens is 1. The van der Waals surface area contributed by atoms with E-state index in [1.54, 1.807) is 0 Å². The maximum atomic E-state index is 12.7. The fourth-order valence-electron chi connectivity index (χ4n) is 1.72. The van der Waals surface area contributed by atoms with E-state index in [4.69, 9.17) is 4.74 Å².